The molecule has 0 aliphatic rings. The molecule has 0 amide bonds. The van der Waals surface area contributed by atoms with Crippen LogP contribution in [0.3, 0.4) is 0 Å². The zero-order valence-electron chi connectivity index (χ0n) is 20.1. The predicted octanol–water partition coefficient (Wildman–Crippen LogP) is 6.91. The summed E-state index contributed by atoms with van der Waals surface area (Å²) < 4.78 is 16.6. The Morgan fingerprint density at radius 1 is 0.742 bits per heavy atom. The van der Waals surface area contributed by atoms with Crippen molar-refractivity contribution in [3.63, 3.8) is 0 Å². The summed E-state index contributed by atoms with van der Waals surface area (Å²) in [5, 5.41) is 0. The molecule has 4 nitrogen and oxygen atoms in total. The monoisotopic (exact) mass is 432 g/mol. The standard InChI is InChI=1S/C27H44O4/c1-4-7-10-18-23-29-26(28)21-16-14-13-15-17-22-27(30-24-19-11-8-5-2)31-25-20-12-9-6-3/h10-12,18-20,27H,4-9,13-16,21,23-25H2,1-3H3/b18-10+,19-11+,20-12+. The van der Waals surface area contributed by atoms with Crippen LogP contribution in [0.2, 0.25) is 0 Å². The Kier molecular flexibility index (Phi) is 23.0. The fourth-order valence-electron chi connectivity index (χ4n) is 2.50. The summed E-state index contributed by atoms with van der Waals surface area (Å²) >= 11 is 0. The van der Waals surface area contributed by atoms with E-state index in [1.54, 1.807) is 0 Å². The van der Waals surface area contributed by atoms with Gasteiger partial charge in [-0.15, -0.1) is 0 Å². The van der Waals surface area contributed by atoms with Crippen LogP contribution in [-0.4, -0.2) is 32.1 Å². The van der Waals surface area contributed by atoms with Gasteiger partial charge in [0.2, 0.25) is 6.29 Å². The van der Waals surface area contributed by atoms with Gasteiger partial charge in [0.1, 0.15) is 6.61 Å². The second kappa shape index (κ2) is 24.4. The first-order valence-electron chi connectivity index (χ1n) is 12.1. The molecule has 0 aromatic rings. The van der Waals surface area contributed by atoms with E-state index in [0.717, 1.165) is 64.2 Å². The Bertz CT molecular complexity index is 531. The maximum absolute atomic E-state index is 11.7. The van der Waals surface area contributed by atoms with Gasteiger partial charge in [-0.05, 0) is 38.0 Å². The molecule has 0 bridgehead atoms. The van der Waals surface area contributed by atoms with E-state index in [-0.39, 0.29) is 5.97 Å². The van der Waals surface area contributed by atoms with Crippen LogP contribution in [0.15, 0.2) is 36.5 Å². The molecule has 0 aliphatic carbocycles. The van der Waals surface area contributed by atoms with Crippen molar-refractivity contribution in [3.05, 3.63) is 36.5 Å². The summed E-state index contributed by atoms with van der Waals surface area (Å²) in [5.41, 5.74) is 0. The molecule has 0 radical (unpaired) electrons. The van der Waals surface area contributed by atoms with Crippen molar-refractivity contribution in [1.82, 2.24) is 0 Å². The molecule has 0 N–H and O–H groups in total. The lowest BCUT2D eigenvalue weighted by molar-refractivity contribution is -0.142. The third-order valence-corrected chi connectivity index (χ3v) is 4.30. The quantitative estimate of drug-likeness (QED) is 0.0731. The second-order valence-corrected chi connectivity index (χ2v) is 7.34. The Balaban J connectivity index is 4.07. The first kappa shape index (κ1) is 29.2. The number of hydrogen-bond donors (Lipinski definition) is 0. The molecule has 0 saturated carbocycles. The highest BCUT2D eigenvalue weighted by molar-refractivity contribution is 5.69. The minimum Gasteiger partial charge on any atom is -0.461 e. The highest BCUT2D eigenvalue weighted by Crippen LogP contribution is 2.04. The Hall–Kier alpha value is -1.83. The number of rotatable bonds is 19. The molecule has 0 aromatic heterocycles. The summed E-state index contributed by atoms with van der Waals surface area (Å²) in [4.78, 5) is 11.7. The van der Waals surface area contributed by atoms with Gasteiger partial charge < -0.3 is 14.2 Å². The molecule has 176 valence electrons. The SMILES string of the molecule is CCC/C=C/COC(=O)CCCCCC#CC(OC/C=C/CCC)OC/C=C/CCC. The molecule has 0 atom stereocenters. The lowest BCUT2D eigenvalue weighted by atomic mass is 10.1. The zero-order chi connectivity index (χ0) is 22.8. The average molecular weight is 433 g/mol. The number of ether oxygens (including phenoxy) is 3. The maximum atomic E-state index is 11.7. The number of carbonyl (C=O) groups excluding carboxylic acids is 1. The molecule has 0 unspecified atom stereocenters. The molecule has 0 aromatic carbocycles. The van der Waals surface area contributed by atoms with E-state index in [2.05, 4.69) is 50.8 Å². The molecular formula is C27H44O4. The molecule has 4 heteroatoms. The largest absolute Gasteiger partial charge is 0.461 e. The van der Waals surface area contributed by atoms with Gasteiger partial charge in [-0.1, -0.05) is 88.8 Å². The first-order valence-corrected chi connectivity index (χ1v) is 12.1. The summed E-state index contributed by atoms with van der Waals surface area (Å²) in [6, 6.07) is 0. The van der Waals surface area contributed by atoms with Gasteiger partial charge in [-0.25, -0.2) is 0 Å². The van der Waals surface area contributed by atoms with Crippen LogP contribution in [0.1, 0.15) is 91.4 Å². The van der Waals surface area contributed by atoms with Gasteiger partial charge >= 0.3 is 5.97 Å². The second-order valence-electron chi connectivity index (χ2n) is 7.34. The molecule has 0 saturated heterocycles. The van der Waals surface area contributed by atoms with Gasteiger partial charge in [0, 0.05) is 12.8 Å². The van der Waals surface area contributed by atoms with Crippen LogP contribution in [0.4, 0.5) is 0 Å². The summed E-state index contributed by atoms with van der Waals surface area (Å²) in [7, 11) is 0. The lowest BCUT2D eigenvalue weighted by Gasteiger charge is -2.10. The summed E-state index contributed by atoms with van der Waals surface area (Å²) in [5.74, 6) is 6.12. The average Bonchev–Trinajstić information content (AvgIpc) is 2.77. The van der Waals surface area contributed by atoms with Crippen molar-refractivity contribution in [2.24, 2.45) is 0 Å². The number of carbonyl (C=O) groups is 1. The van der Waals surface area contributed by atoms with Crippen LogP contribution in [-0.2, 0) is 19.0 Å². The van der Waals surface area contributed by atoms with Crippen LogP contribution in [0, 0.1) is 11.8 Å². The van der Waals surface area contributed by atoms with E-state index < -0.39 is 6.29 Å². The van der Waals surface area contributed by atoms with Gasteiger partial charge in [-0.2, -0.15) is 0 Å². The number of esters is 1. The highest BCUT2D eigenvalue weighted by Gasteiger charge is 2.03. The van der Waals surface area contributed by atoms with Crippen molar-refractivity contribution in [3.8, 4) is 11.8 Å². The van der Waals surface area contributed by atoms with E-state index >= 15 is 0 Å². The zero-order valence-corrected chi connectivity index (χ0v) is 20.1. The molecule has 0 fully saturated rings. The van der Waals surface area contributed by atoms with Crippen molar-refractivity contribution >= 4 is 5.97 Å². The smallest absolute Gasteiger partial charge is 0.306 e. The molecule has 0 aliphatic heterocycles. The van der Waals surface area contributed by atoms with Crippen LogP contribution < -0.4 is 0 Å². The number of allylic oxidation sites excluding steroid dienone is 3. The molecule has 31 heavy (non-hydrogen) atoms. The Morgan fingerprint density at radius 3 is 1.84 bits per heavy atom. The van der Waals surface area contributed by atoms with Gasteiger partial charge in [0.05, 0.1) is 13.2 Å². The number of hydrogen-bond acceptors (Lipinski definition) is 4. The third kappa shape index (κ3) is 22.7. The van der Waals surface area contributed by atoms with Crippen molar-refractivity contribution < 1.29 is 19.0 Å². The molecule has 0 spiro atoms. The van der Waals surface area contributed by atoms with Crippen LogP contribution in [0.5, 0.6) is 0 Å². The van der Waals surface area contributed by atoms with E-state index in [1.165, 1.54) is 0 Å². The Labute approximate surface area is 191 Å². The Morgan fingerprint density at radius 2 is 1.29 bits per heavy atom. The highest BCUT2D eigenvalue weighted by atomic mass is 16.7. The minimum atomic E-state index is -0.506. The molecule has 0 rings (SSSR count). The van der Waals surface area contributed by atoms with Crippen LogP contribution in [0.25, 0.3) is 0 Å². The van der Waals surface area contributed by atoms with Crippen molar-refractivity contribution in [2.45, 2.75) is 97.7 Å². The van der Waals surface area contributed by atoms with E-state index in [0.29, 0.717) is 26.2 Å². The van der Waals surface area contributed by atoms with Gasteiger partial charge in [0.25, 0.3) is 0 Å². The van der Waals surface area contributed by atoms with Gasteiger partial charge in [0.15, 0.2) is 0 Å². The van der Waals surface area contributed by atoms with E-state index in [9.17, 15) is 4.79 Å². The topological polar surface area (TPSA) is 44.8 Å². The number of unbranched alkanes of at least 4 members (excludes halogenated alkanes) is 6. The fourth-order valence-corrected chi connectivity index (χ4v) is 2.50. The van der Waals surface area contributed by atoms with Gasteiger partial charge in [-0.3, -0.25) is 4.79 Å². The lowest BCUT2D eigenvalue weighted by Crippen LogP contribution is -2.15. The minimum absolute atomic E-state index is 0.124. The van der Waals surface area contributed by atoms with Crippen LogP contribution >= 0.6 is 0 Å². The van der Waals surface area contributed by atoms with E-state index in [4.69, 9.17) is 14.2 Å². The van der Waals surface area contributed by atoms with E-state index in [1.807, 2.05) is 18.2 Å². The summed E-state index contributed by atoms with van der Waals surface area (Å²) in [6.45, 7) is 7.83. The molecular weight excluding hydrogens is 388 g/mol. The maximum Gasteiger partial charge on any atom is 0.306 e. The van der Waals surface area contributed by atoms with Crippen molar-refractivity contribution in [2.75, 3.05) is 19.8 Å². The third-order valence-electron chi connectivity index (χ3n) is 4.30. The summed E-state index contributed by atoms with van der Waals surface area (Å²) in [6.07, 6.45) is 22.3. The normalized spacial score (nSPS) is 11.6. The fraction of sp³-hybridized carbons (Fsp3) is 0.667. The molecule has 0 heterocycles. The first-order chi connectivity index (χ1) is 15.2. The van der Waals surface area contributed by atoms with Crippen molar-refractivity contribution in [1.29, 1.82) is 0 Å². The predicted molar refractivity (Wildman–Crippen MR) is 130 cm³/mol.